The van der Waals surface area contributed by atoms with Crippen molar-refractivity contribution in [1.82, 2.24) is 30.3 Å². The Morgan fingerprint density at radius 2 is 2.05 bits per heavy atom. The molecular formula is C28H29N9. The lowest BCUT2D eigenvalue weighted by molar-refractivity contribution is 0.317. The normalized spacial score (nSPS) is 18.4. The molecule has 0 aliphatic carbocycles. The summed E-state index contributed by atoms with van der Waals surface area (Å²) in [5, 5.41) is 15.0. The molecule has 0 radical (unpaired) electrons. The zero-order valence-corrected chi connectivity index (χ0v) is 20.8. The zero-order valence-electron chi connectivity index (χ0n) is 20.8. The topological polar surface area (TPSA) is 108 Å². The van der Waals surface area contributed by atoms with E-state index < -0.39 is 0 Å². The Morgan fingerprint density at radius 3 is 2.89 bits per heavy atom. The Bertz CT molecular complexity index is 1440. The summed E-state index contributed by atoms with van der Waals surface area (Å²) < 4.78 is 0. The number of aromatic amines is 1. The molecule has 0 spiro atoms. The van der Waals surface area contributed by atoms with Gasteiger partial charge in [0.1, 0.15) is 12.2 Å². The van der Waals surface area contributed by atoms with Gasteiger partial charge in [0.05, 0.1) is 35.3 Å². The monoisotopic (exact) mass is 491 g/mol. The van der Waals surface area contributed by atoms with Crippen LogP contribution in [0.1, 0.15) is 41.2 Å². The van der Waals surface area contributed by atoms with Crippen molar-refractivity contribution in [3.05, 3.63) is 83.1 Å². The number of H-pyrrole nitrogens is 1. The van der Waals surface area contributed by atoms with Gasteiger partial charge in [0.15, 0.2) is 6.17 Å². The highest BCUT2D eigenvalue weighted by Gasteiger charge is 2.23. The molecule has 0 saturated carbocycles. The van der Waals surface area contributed by atoms with Crippen molar-refractivity contribution in [2.24, 2.45) is 4.99 Å². The summed E-state index contributed by atoms with van der Waals surface area (Å²) in [4.78, 5) is 20.0. The van der Waals surface area contributed by atoms with E-state index in [0.29, 0.717) is 12.1 Å². The molecule has 2 aromatic heterocycles. The lowest BCUT2D eigenvalue weighted by atomic mass is 10.1. The minimum Gasteiger partial charge on any atom is -0.378 e. The fourth-order valence-electron chi connectivity index (χ4n) is 5.02. The predicted octanol–water partition coefficient (Wildman–Crippen LogP) is 3.95. The van der Waals surface area contributed by atoms with Crippen molar-refractivity contribution >= 4 is 17.6 Å². The van der Waals surface area contributed by atoms with E-state index in [1.54, 1.807) is 6.34 Å². The van der Waals surface area contributed by atoms with Crippen LogP contribution in [0.15, 0.2) is 59.7 Å². The predicted molar refractivity (Wildman–Crippen MR) is 144 cm³/mol. The third-order valence-corrected chi connectivity index (χ3v) is 6.80. The molecule has 1 fully saturated rings. The molecule has 37 heavy (non-hydrogen) atoms. The number of benzene rings is 1. The first kappa shape index (κ1) is 23.0. The van der Waals surface area contributed by atoms with Gasteiger partial charge in [-0.3, -0.25) is 20.3 Å². The maximum atomic E-state index is 9.58. The Morgan fingerprint density at radius 1 is 1.16 bits per heavy atom. The number of nitrogens with one attached hydrogen (secondary N) is 3. The number of nitrogens with zero attached hydrogens (tertiary/aromatic N) is 6. The van der Waals surface area contributed by atoms with Gasteiger partial charge in [-0.25, -0.2) is 9.98 Å². The quantitative estimate of drug-likeness (QED) is 0.459. The van der Waals surface area contributed by atoms with E-state index in [4.69, 9.17) is 9.97 Å². The average Bonchev–Trinajstić information content (AvgIpc) is 3.68. The van der Waals surface area contributed by atoms with Crippen LogP contribution in [-0.2, 0) is 13.1 Å². The van der Waals surface area contributed by atoms with E-state index in [2.05, 4.69) is 43.8 Å². The molecule has 3 aliphatic rings. The number of nitriles is 1. The van der Waals surface area contributed by atoms with Crippen LogP contribution in [0.2, 0.25) is 0 Å². The third kappa shape index (κ3) is 4.97. The summed E-state index contributed by atoms with van der Waals surface area (Å²) in [5.41, 5.74) is 10.3. The highest BCUT2D eigenvalue weighted by Crippen LogP contribution is 2.30. The Hall–Kier alpha value is -4.42. The number of rotatable bonds is 7. The maximum Gasteiger partial charge on any atom is 0.159 e. The summed E-state index contributed by atoms with van der Waals surface area (Å²) in [6, 6.07) is 14.3. The number of allylic oxidation sites excluding steroid dienone is 2. The van der Waals surface area contributed by atoms with Crippen LogP contribution in [-0.4, -0.2) is 50.5 Å². The number of hydrogen-bond donors (Lipinski definition) is 3. The average molecular weight is 492 g/mol. The molecule has 5 heterocycles. The highest BCUT2D eigenvalue weighted by atomic mass is 15.6. The second-order valence-corrected chi connectivity index (χ2v) is 9.61. The Balaban J connectivity index is 1.27. The van der Waals surface area contributed by atoms with Crippen molar-refractivity contribution in [3.63, 3.8) is 0 Å². The van der Waals surface area contributed by atoms with Crippen LogP contribution in [0, 0.1) is 18.3 Å². The molecule has 0 amide bonds. The number of hydrogen-bond acceptors (Lipinski definition) is 8. The molecule has 0 bridgehead atoms. The number of fused-ring (bicyclic) bond motifs is 1. The van der Waals surface area contributed by atoms with Crippen LogP contribution in [0.5, 0.6) is 0 Å². The van der Waals surface area contributed by atoms with Gasteiger partial charge in [0.25, 0.3) is 0 Å². The van der Waals surface area contributed by atoms with Crippen molar-refractivity contribution in [2.45, 2.75) is 39.0 Å². The van der Waals surface area contributed by atoms with Gasteiger partial charge in [-0.2, -0.15) is 5.26 Å². The van der Waals surface area contributed by atoms with Crippen molar-refractivity contribution < 1.29 is 0 Å². The molecular weight excluding hydrogens is 462 g/mol. The summed E-state index contributed by atoms with van der Waals surface area (Å²) in [7, 11) is 0. The van der Waals surface area contributed by atoms with Crippen LogP contribution in [0.4, 0.5) is 5.69 Å². The van der Waals surface area contributed by atoms with Crippen molar-refractivity contribution in [3.8, 4) is 17.5 Å². The highest BCUT2D eigenvalue weighted by molar-refractivity contribution is 5.82. The number of aliphatic imine (C=N–C) groups is 1. The van der Waals surface area contributed by atoms with Gasteiger partial charge in [-0.05, 0) is 74.8 Å². The molecule has 3 aliphatic heterocycles. The zero-order chi connectivity index (χ0) is 25.2. The number of hydrazine groups is 1. The molecule has 1 unspecified atom stereocenters. The SMILES string of the molecule is Cc1cccc(-c2[nH]c(CNc3cc(C#N)cc(CN4CCCC4)c3)nc2C2=CN3NC=NC3C=C2)n1. The standard InChI is InChI=1S/C28H29N9/c1-19-5-4-6-24(33-19)28-27(22-7-8-26-31-18-32-37(26)17-22)34-25(35-28)15-30-23-12-20(14-29)11-21(13-23)16-36-9-2-3-10-36/h4-8,11-13,17-18,26,30H,2-3,9-10,15-16H2,1H3,(H,31,32)(H,34,35). The second-order valence-electron chi connectivity index (χ2n) is 9.61. The molecule has 1 saturated heterocycles. The number of imidazole rings is 1. The number of likely N-dealkylation sites (tertiary alicyclic amines) is 1. The molecule has 3 aromatic rings. The van der Waals surface area contributed by atoms with Crippen LogP contribution in [0.3, 0.4) is 0 Å². The van der Waals surface area contributed by atoms with Gasteiger partial charge < -0.3 is 10.3 Å². The summed E-state index contributed by atoms with van der Waals surface area (Å²) in [5.74, 6) is 0.791. The van der Waals surface area contributed by atoms with Crippen LogP contribution >= 0.6 is 0 Å². The van der Waals surface area contributed by atoms with Crippen molar-refractivity contribution in [2.75, 3.05) is 18.4 Å². The number of pyridine rings is 1. The summed E-state index contributed by atoms with van der Waals surface area (Å²) in [6.45, 7) is 5.58. The number of aryl methyl sites for hydroxylation is 1. The minimum absolute atomic E-state index is 0.0356. The third-order valence-electron chi connectivity index (χ3n) is 6.80. The molecule has 6 rings (SSSR count). The lowest BCUT2D eigenvalue weighted by Gasteiger charge is -2.22. The van der Waals surface area contributed by atoms with E-state index in [1.807, 2.05) is 54.5 Å². The first-order valence-electron chi connectivity index (χ1n) is 12.6. The molecule has 9 heteroatoms. The molecule has 1 aromatic carbocycles. The van der Waals surface area contributed by atoms with Crippen molar-refractivity contribution in [1.29, 1.82) is 5.26 Å². The first-order valence-corrected chi connectivity index (χ1v) is 12.6. The van der Waals surface area contributed by atoms with Crippen LogP contribution < -0.4 is 10.7 Å². The number of anilines is 1. The molecule has 3 N–H and O–H groups in total. The maximum absolute atomic E-state index is 9.58. The number of aromatic nitrogens is 3. The largest absolute Gasteiger partial charge is 0.378 e. The van der Waals surface area contributed by atoms with Crippen LogP contribution in [0.25, 0.3) is 17.0 Å². The Kier molecular flexibility index (Phi) is 6.16. The Labute approximate surface area is 216 Å². The van der Waals surface area contributed by atoms with E-state index in [9.17, 15) is 5.26 Å². The van der Waals surface area contributed by atoms with Gasteiger partial charge in [-0.15, -0.1) is 0 Å². The fourth-order valence-corrected chi connectivity index (χ4v) is 5.02. The van der Waals surface area contributed by atoms with E-state index >= 15 is 0 Å². The van der Waals surface area contributed by atoms with Gasteiger partial charge in [0, 0.05) is 29.7 Å². The fraction of sp³-hybridized carbons (Fsp3) is 0.286. The lowest BCUT2D eigenvalue weighted by Crippen LogP contribution is -2.34. The molecule has 186 valence electrons. The second kappa shape index (κ2) is 9.91. The van der Waals surface area contributed by atoms with Gasteiger partial charge in [0.2, 0.25) is 0 Å². The van der Waals surface area contributed by atoms with E-state index in [1.165, 1.54) is 12.8 Å². The van der Waals surface area contributed by atoms with Gasteiger partial charge in [-0.1, -0.05) is 12.1 Å². The van der Waals surface area contributed by atoms with E-state index in [-0.39, 0.29) is 6.17 Å². The molecule has 9 nitrogen and oxygen atoms in total. The minimum atomic E-state index is -0.0356. The molecule has 1 atom stereocenters. The van der Waals surface area contributed by atoms with E-state index in [0.717, 1.165) is 65.1 Å². The summed E-state index contributed by atoms with van der Waals surface area (Å²) in [6.07, 6.45) is 10.3. The summed E-state index contributed by atoms with van der Waals surface area (Å²) >= 11 is 0. The first-order chi connectivity index (χ1) is 18.1. The smallest absolute Gasteiger partial charge is 0.159 e. The van der Waals surface area contributed by atoms with Gasteiger partial charge >= 0.3 is 0 Å².